The topological polar surface area (TPSA) is 26.3 Å². The van der Waals surface area contributed by atoms with Crippen molar-refractivity contribution in [2.45, 2.75) is 16.7 Å². The Balaban J connectivity index is 2.98. The number of rotatable bonds is 4. The molecule has 6 heteroatoms. The number of halogens is 3. The first-order valence-corrected chi connectivity index (χ1v) is 6.65. The summed E-state index contributed by atoms with van der Waals surface area (Å²) in [6, 6.07) is 6.78. The molecule has 0 radical (unpaired) electrons. The molecule has 0 saturated heterocycles. The van der Waals surface area contributed by atoms with Crippen molar-refractivity contribution in [3.05, 3.63) is 41.0 Å². The number of aryl methyl sites for hydroxylation is 1. The molecule has 0 aliphatic carbocycles. The van der Waals surface area contributed by atoms with E-state index >= 15 is 0 Å². The van der Waals surface area contributed by atoms with E-state index < -0.39 is 21.4 Å². The van der Waals surface area contributed by atoms with Gasteiger partial charge in [-0.05, 0) is 35.0 Å². The fraction of sp³-hybridized carbons (Fsp3) is 0.273. The van der Waals surface area contributed by atoms with Gasteiger partial charge in [0, 0.05) is 4.90 Å². The van der Waals surface area contributed by atoms with Crippen molar-refractivity contribution in [3.63, 3.8) is 0 Å². The highest BCUT2D eigenvalue weighted by Crippen LogP contribution is 2.32. The van der Waals surface area contributed by atoms with Crippen LogP contribution in [0.15, 0.2) is 40.3 Å². The fourth-order valence-corrected chi connectivity index (χ4v) is 2.48. The van der Waals surface area contributed by atoms with Gasteiger partial charge in [-0.3, -0.25) is 0 Å². The van der Waals surface area contributed by atoms with Gasteiger partial charge in [0.05, 0.1) is 23.3 Å². The molecular weight excluding hydrogens is 314 g/mol. The average Bonchev–Trinajstić information content (AvgIpc) is 2.24. The Hall–Kier alpha value is -0.750. The molecule has 2 nitrogen and oxygen atoms in total. The number of allylic oxidation sites excluding steroid dienone is 1. The monoisotopic (exact) mass is 324 g/mol. The zero-order chi connectivity index (χ0) is 13.1. The minimum absolute atomic E-state index is 0.446. The molecule has 0 aliphatic heterocycles. The van der Waals surface area contributed by atoms with E-state index in [1.54, 1.807) is 24.3 Å². The summed E-state index contributed by atoms with van der Waals surface area (Å²) in [5.74, 6) is -0.670. The number of ether oxygens (including phenoxy) is 1. The van der Waals surface area contributed by atoms with E-state index in [1.807, 2.05) is 6.92 Å². The molecule has 0 amide bonds. The standard InChI is InChI=1S/C11H11BrF2O2S/c1-8-3-5-9(6-4-8)17(15)7-10(16-2)11(12,13)14/h3-7H,1-2H3/b10-7+. The van der Waals surface area contributed by atoms with Crippen LogP contribution in [0.2, 0.25) is 0 Å². The van der Waals surface area contributed by atoms with Crippen LogP contribution >= 0.6 is 15.9 Å². The van der Waals surface area contributed by atoms with Gasteiger partial charge in [0.25, 0.3) is 0 Å². The predicted octanol–water partition coefficient (Wildman–Crippen LogP) is 3.58. The van der Waals surface area contributed by atoms with Crippen molar-refractivity contribution < 1.29 is 17.7 Å². The van der Waals surface area contributed by atoms with Gasteiger partial charge >= 0.3 is 4.83 Å². The van der Waals surface area contributed by atoms with Gasteiger partial charge in [0.15, 0.2) is 5.76 Å². The quantitative estimate of drug-likeness (QED) is 0.625. The molecule has 0 spiro atoms. The first kappa shape index (κ1) is 14.3. The first-order chi connectivity index (χ1) is 7.84. The molecule has 94 valence electrons. The van der Waals surface area contributed by atoms with Gasteiger partial charge in [0.2, 0.25) is 0 Å². The SMILES string of the molecule is CO/C(=C/S(=O)c1ccc(C)cc1)C(F)(F)Br. The summed E-state index contributed by atoms with van der Waals surface area (Å²) < 4.78 is 42.1. The van der Waals surface area contributed by atoms with Crippen molar-refractivity contribution in [1.29, 1.82) is 0 Å². The van der Waals surface area contributed by atoms with Crippen LogP contribution in [0.25, 0.3) is 0 Å². The summed E-state index contributed by atoms with van der Waals surface area (Å²) in [5, 5.41) is 0.888. The minimum atomic E-state index is -3.32. The maximum atomic E-state index is 12.9. The fourth-order valence-electron chi connectivity index (χ4n) is 1.07. The molecule has 1 rings (SSSR count). The summed E-state index contributed by atoms with van der Waals surface area (Å²) in [4.78, 5) is -2.87. The average molecular weight is 325 g/mol. The molecule has 0 aromatic heterocycles. The van der Waals surface area contributed by atoms with Crippen LogP contribution in [0.5, 0.6) is 0 Å². The van der Waals surface area contributed by atoms with E-state index in [9.17, 15) is 13.0 Å². The lowest BCUT2D eigenvalue weighted by molar-refractivity contribution is 0.0815. The lowest BCUT2D eigenvalue weighted by Gasteiger charge is -2.11. The molecular formula is C11H11BrF2O2S. The normalized spacial score (nSPS) is 14.5. The molecule has 0 saturated carbocycles. The molecule has 1 aromatic rings. The van der Waals surface area contributed by atoms with E-state index in [1.165, 1.54) is 0 Å². The Morgan fingerprint density at radius 1 is 1.41 bits per heavy atom. The molecule has 0 fully saturated rings. The number of alkyl halides is 3. The summed E-state index contributed by atoms with van der Waals surface area (Å²) >= 11 is 2.16. The van der Waals surface area contributed by atoms with Crippen molar-refractivity contribution in [2.24, 2.45) is 0 Å². The number of hydrogen-bond donors (Lipinski definition) is 0. The van der Waals surface area contributed by atoms with Gasteiger partial charge in [0.1, 0.15) is 0 Å². The Labute approximate surface area is 109 Å². The summed E-state index contributed by atoms with van der Waals surface area (Å²) in [6.45, 7) is 1.88. The number of hydrogen-bond acceptors (Lipinski definition) is 2. The van der Waals surface area contributed by atoms with Crippen LogP contribution in [-0.4, -0.2) is 16.2 Å². The maximum Gasteiger partial charge on any atom is 0.357 e. The van der Waals surface area contributed by atoms with Gasteiger partial charge in [-0.25, -0.2) is 4.21 Å². The highest BCUT2D eigenvalue weighted by molar-refractivity contribution is 9.10. The second-order valence-corrected chi connectivity index (χ2v) is 5.59. The Morgan fingerprint density at radius 3 is 2.35 bits per heavy atom. The summed E-state index contributed by atoms with van der Waals surface area (Å²) in [6.07, 6.45) is 0. The predicted molar refractivity (Wildman–Crippen MR) is 66.6 cm³/mol. The van der Waals surface area contributed by atoms with Gasteiger partial charge in [-0.2, -0.15) is 8.78 Å². The Morgan fingerprint density at radius 2 is 1.94 bits per heavy atom. The van der Waals surface area contributed by atoms with Gasteiger partial charge in [-0.15, -0.1) is 0 Å². The zero-order valence-corrected chi connectivity index (χ0v) is 11.6. The number of methoxy groups -OCH3 is 1. The van der Waals surface area contributed by atoms with Crippen molar-refractivity contribution in [3.8, 4) is 0 Å². The molecule has 0 aliphatic rings. The van der Waals surface area contributed by atoms with Crippen LogP contribution in [0, 0.1) is 6.92 Å². The first-order valence-electron chi connectivity index (χ1n) is 4.65. The summed E-state index contributed by atoms with van der Waals surface area (Å²) in [5.41, 5.74) is 1.01. The smallest absolute Gasteiger partial charge is 0.357 e. The van der Waals surface area contributed by atoms with Gasteiger partial charge in [-0.1, -0.05) is 17.7 Å². The van der Waals surface area contributed by atoms with Crippen LogP contribution in [0.4, 0.5) is 8.78 Å². The van der Waals surface area contributed by atoms with E-state index in [0.717, 1.165) is 18.1 Å². The molecule has 0 heterocycles. The molecule has 17 heavy (non-hydrogen) atoms. The van der Waals surface area contributed by atoms with Crippen LogP contribution in [0.1, 0.15) is 5.56 Å². The zero-order valence-electron chi connectivity index (χ0n) is 9.25. The van der Waals surface area contributed by atoms with Crippen molar-refractivity contribution in [1.82, 2.24) is 0 Å². The van der Waals surface area contributed by atoms with Crippen LogP contribution < -0.4 is 0 Å². The Kier molecular flexibility index (Phi) is 4.82. The molecule has 1 unspecified atom stereocenters. The second kappa shape index (κ2) is 5.73. The highest BCUT2D eigenvalue weighted by atomic mass is 79.9. The molecule has 0 bridgehead atoms. The minimum Gasteiger partial charge on any atom is -0.493 e. The van der Waals surface area contributed by atoms with E-state index in [2.05, 4.69) is 20.7 Å². The summed E-state index contributed by atoms with van der Waals surface area (Å²) in [7, 11) is -0.561. The third-order valence-electron chi connectivity index (χ3n) is 1.97. The van der Waals surface area contributed by atoms with E-state index in [4.69, 9.17) is 0 Å². The highest BCUT2D eigenvalue weighted by Gasteiger charge is 2.32. The lowest BCUT2D eigenvalue weighted by Crippen LogP contribution is -2.12. The largest absolute Gasteiger partial charge is 0.493 e. The third-order valence-corrected chi connectivity index (χ3v) is 3.52. The van der Waals surface area contributed by atoms with E-state index in [0.29, 0.717) is 4.90 Å². The third kappa shape index (κ3) is 4.20. The lowest BCUT2D eigenvalue weighted by atomic mass is 10.2. The molecule has 1 atom stereocenters. The molecule has 1 aromatic carbocycles. The van der Waals surface area contributed by atoms with E-state index in [-0.39, 0.29) is 0 Å². The van der Waals surface area contributed by atoms with Gasteiger partial charge < -0.3 is 4.74 Å². The van der Waals surface area contributed by atoms with Crippen molar-refractivity contribution >= 4 is 26.7 Å². The van der Waals surface area contributed by atoms with Crippen LogP contribution in [-0.2, 0) is 15.5 Å². The molecule has 0 N–H and O–H groups in total. The van der Waals surface area contributed by atoms with Crippen molar-refractivity contribution in [2.75, 3.05) is 7.11 Å². The maximum absolute atomic E-state index is 12.9. The van der Waals surface area contributed by atoms with Crippen LogP contribution in [0.3, 0.4) is 0 Å². The number of benzene rings is 1. The second-order valence-electron chi connectivity index (χ2n) is 3.29. The Bertz CT molecular complexity index is 438.